The minimum Gasteiger partial charge on any atom is -0.494 e. The fourth-order valence-electron chi connectivity index (χ4n) is 2.86. The molecule has 2 aromatic rings. The van der Waals surface area contributed by atoms with E-state index >= 15 is 0 Å². The van der Waals surface area contributed by atoms with Crippen LogP contribution in [0.4, 0.5) is 4.39 Å². The van der Waals surface area contributed by atoms with Gasteiger partial charge in [0.15, 0.2) is 0 Å². The number of carbonyl (C=O) groups is 2. The number of nitrogens with one attached hydrogen (secondary N) is 1. The Labute approximate surface area is 182 Å². The molecule has 0 bridgehead atoms. The first-order valence-corrected chi connectivity index (χ1v) is 10.4. The van der Waals surface area contributed by atoms with Gasteiger partial charge in [-0.3, -0.25) is 9.59 Å². The van der Waals surface area contributed by atoms with E-state index in [1.54, 1.807) is 43.3 Å². The molecule has 162 valence electrons. The van der Waals surface area contributed by atoms with Crippen LogP contribution in [0.25, 0.3) is 0 Å². The van der Waals surface area contributed by atoms with Crippen molar-refractivity contribution in [3.8, 4) is 5.75 Å². The number of rotatable bonds is 10. The van der Waals surface area contributed by atoms with Crippen LogP contribution in [0.1, 0.15) is 39.2 Å². The molecule has 0 spiro atoms. The highest BCUT2D eigenvalue weighted by molar-refractivity contribution is 6.30. The highest BCUT2D eigenvalue weighted by Crippen LogP contribution is 2.17. The summed E-state index contributed by atoms with van der Waals surface area (Å²) in [6.45, 7) is 6.02. The summed E-state index contributed by atoms with van der Waals surface area (Å²) in [5.41, 5.74) is 0.756. The standard InChI is InChI=1S/C23H28ClFN2O3/c1-16(2)26-23(29)17(3)27(15-18-6-10-20(25)11-7-18)22(28)5-4-14-30-21-12-8-19(24)9-13-21/h6-13,16-17H,4-5,14-15H2,1-3H3,(H,26,29)/t17-/m1/s1. The summed E-state index contributed by atoms with van der Waals surface area (Å²) in [5.74, 6) is -0.0513. The maximum atomic E-state index is 13.2. The van der Waals surface area contributed by atoms with E-state index in [0.29, 0.717) is 23.8 Å². The maximum absolute atomic E-state index is 13.2. The summed E-state index contributed by atoms with van der Waals surface area (Å²) in [4.78, 5) is 26.9. The lowest BCUT2D eigenvalue weighted by atomic mass is 10.1. The van der Waals surface area contributed by atoms with Crippen LogP contribution in [0, 0.1) is 5.82 Å². The van der Waals surface area contributed by atoms with Crippen LogP contribution < -0.4 is 10.1 Å². The van der Waals surface area contributed by atoms with Gasteiger partial charge < -0.3 is 15.0 Å². The smallest absolute Gasteiger partial charge is 0.242 e. The zero-order valence-electron chi connectivity index (χ0n) is 17.5. The van der Waals surface area contributed by atoms with Crippen LogP contribution in [0.15, 0.2) is 48.5 Å². The highest BCUT2D eigenvalue weighted by atomic mass is 35.5. The molecule has 0 heterocycles. The van der Waals surface area contributed by atoms with Crippen molar-refractivity contribution in [3.63, 3.8) is 0 Å². The quantitative estimate of drug-likeness (QED) is 0.557. The van der Waals surface area contributed by atoms with Crippen LogP contribution in [-0.4, -0.2) is 35.4 Å². The molecule has 2 aromatic carbocycles. The minimum atomic E-state index is -0.651. The van der Waals surface area contributed by atoms with Crippen molar-refractivity contribution >= 4 is 23.4 Å². The van der Waals surface area contributed by atoms with Crippen molar-refractivity contribution in [1.82, 2.24) is 10.2 Å². The van der Waals surface area contributed by atoms with Crippen molar-refractivity contribution in [1.29, 1.82) is 0 Å². The number of ether oxygens (including phenoxy) is 1. The molecule has 0 aliphatic heterocycles. The molecule has 0 radical (unpaired) electrons. The average molecular weight is 435 g/mol. The molecule has 0 aliphatic carbocycles. The molecular weight excluding hydrogens is 407 g/mol. The largest absolute Gasteiger partial charge is 0.494 e. The Morgan fingerprint density at radius 2 is 1.70 bits per heavy atom. The second kappa shape index (κ2) is 11.6. The minimum absolute atomic E-state index is 0.0319. The summed E-state index contributed by atoms with van der Waals surface area (Å²) >= 11 is 5.85. The lowest BCUT2D eigenvalue weighted by molar-refractivity contribution is -0.141. The van der Waals surface area contributed by atoms with Gasteiger partial charge >= 0.3 is 0 Å². The first kappa shape index (κ1) is 23.7. The predicted molar refractivity (Wildman–Crippen MR) is 116 cm³/mol. The summed E-state index contributed by atoms with van der Waals surface area (Å²) in [6.07, 6.45) is 0.730. The topological polar surface area (TPSA) is 58.6 Å². The van der Waals surface area contributed by atoms with E-state index in [4.69, 9.17) is 16.3 Å². The number of nitrogens with zero attached hydrogens (tertiary/aromatic N) is 1. The number of halogens is 2. The van der Waals surface area contributed by atoms with Gasteiger partial charge in [-0.25, -0.2) is 4.39 Å². The molecule has 7 heteroatoms. The Morgan fingerprint density at radius 1 is 1.07 bits per heavy atom. The molecule has 0 saturated carbocycles. The lowest BCUT2D eigenvalue weighted by Gasteiger charge is -2.29. The third-order valence-corrected chi connectivity index (χ3v) is 4.73. The van der Waals surface area contributed by atoms with Crippen LogP contribution in [0.2, 0.25) is 5.02 Å². The van der Waals surface area contributed by atoms with Crippen molar-refractivity contribution in [2.24, 2.45) is 0 Å². The SMILES string of the molecule is CC(C)NC(=O)[C@@H](C)N(Cc1ccc(F)cc1)C(=O)CCCOc1ccc(Cl)cc1. The number of hydrogen-bond acceptors (Lipinski definition) is 3. The van der Waals surface area contributed by atoms with Crippen molar-refractivity contribution < 1.29 is 18.7 Å². The predicted octanol–water partition coefficient (Wildman–Crippen LogP) is 4.58. The van der Waals surface area contributed by atoms with Gasteiger partial charge in [0, 0.05) is 24.0 Å². The second-order valence-electron chi connectivity index (χ2n) is 7.39. The molecule has 30 heavy (non-hydrogen) atoms. The van der Waals surface area contributed by atoms with Gasteiger partial charge in [0.05, 0.1) is 6.61 Å². The number of benzene rings is 2. The average Bonchev–Trinajstić information content (AvgIpc) is 2.71. The fraction of sp³-hybridized carbons (Fsp3) is 0.391. The Hall–Kier alpha value is -2.60. The zero-order chi connectivity index (χ0) is 22.1. The molecule has 0 saturated heterocycles. The summed E-state index contributed by atoms with van der Waals surface area (Å²) in [5, 5.41) is 3.47. The monoisotopic (exact) mass is 434 g/mol. The first-order chi connectivity index (χ1) is 14.3. The fourth-order valence-corrected chi connectivity index (χ4v) is 2.99. The van der Waals surface area contributed by atoms with E-state index < -0.39 is 6.04 Å². The molecule has 0 aromatic heterocycles. The van der Waals surface area contributed by atoms with Crippen molar-refractivity contribution in [2.75, 3.05) is 6.61 Å². The summed E-state index contributed by atoms with van der Waals surface area (Å²) in [7, 11) is 0. The van der Waals surface area contributed by atoms with Gasteiger partial charge in [0.25, 0.3) is 0 Å². The van der Waals surface area contributed by atoms with Crippen LogP contribution in [0.5, 0.6) is 5.75 Å². The van der Waals surface area contributed by atoms with Gasteiger partial charge in [-0.05, 0) is 69.2 Å². The van der Waals surface area contributed by atoms with Crippen LogP contribution in [-0.2, 0) is 16.1 Å². The number of hydrogen-bond donors (Lipinski definition) is 1. The third-order valence-electron chi connectivity index (χ3n) is 4.48. The summed E-state index contributed by atoms with van der Waals surface area (Å²) in [6, 6.07) is 12.2. The van der Waals surface area contributed by atoms with E-state index in [0.717, 1.165) is 5.56 Å². The van der Waals surface area contributed by atoms with Crippen molar-refractivity contribution in [3.05, 3.63) is 64.9 Å². The zero-order valence-corrected chi connectivity index (χ0v) is 18.3. The highest BCUT2D eigenvalue weighted by Gasteiger charge is 2.26. The van der Waals surface area contributed by atoms with Gasteiger partial charge in [-0.2, -0.15) is 0 Å². The molecule has 1 N–H and O–H groups in total. The molecule has 1 atom stereocenters. The van der Waals surface area contributed by atoms with E-state index in [2.05, 4.69) is 5.32 Å². The molecule has 0 fully saturated rings. The first-order valence-electron chi connectivity index (χ1n) is 9.99. The molecule has 2 rings (SSSR count). The maximum Gasteiger partial charge on any atom is 0.242 e. The third kappa shape index (κ3) is 7.67. The van der Waals surface area contributed by atoms with E-state index in [1.807, 2.05) is 13.8 Å². The van der Waals surface area contributed by atoms with Crippen molar-refractivity contribution in [2.45, 2.75) is 52.2 Å². The molecule has 2 amide bonds. The normalized spacial score (nSPS) is 11.8. The molecular formula is C23H28ClFN2O3. The second-order valence-corrected chi connectivity index (χ2v) is 7.83. The van der Waals surface area contributed by atoms with Gasteiger partial charge in [-0.1, -0.05) is 23.7 Å². The molecule has 0 aliphatic rings. The summed E-state index contributed by atoms with van der Waals surface area (Å²) < 4.78 is 18.8. The Bertz CT molecular complexity index is 825. The van der Waals surface area contributed by atoms with Gasteiger partial charge in [0.2, 0.25) is 11.8 Å². The van der Waals surface area contributed by atoms with E-state index in [-0.39, 0.29) is 36.6 Å². The Kier molecular flexibility index (Phi) is 9.12. The molecule has 0 unspecified atom stereocenters. The Morgan fingerprint density at radius 3 is 2.30 bits per heavy atom. The number of carbonyl (C=O) groups excluding carboxylic acids is 2. The van der Waals surface area contributed by atoms with E-state index in [1.165, 1.54) is 17.0 Å². The van der Waals surface area contributed by atoms with Crippen LogP contribution in [0.3, 0.4) is 0 Å². The Balaban J connectivity index is 1.98. The van der Waals surface area contributed by atoms with E-state index in [9.17, 15) is 14.0 Å². The van der Waals surface area contributed by atoms with Gasteiger partial charge in [0.1, 0.15) is 17.6 Å². The van der Waals surface area contributed by atoms with Crippen LogP contribution >= 0.6 is 11.6 Å². The molecule has 5 nitrogen and oxygen atoms in total. The lowest BCUT2D eigenvalue weighted by Crippen LogP contribution is -2.49. The number of amides is 2. The van der Waals surface area contributed by atoms with Gasteiger partial charge in [-0.15, -0.1) is 0 Å².